The molecule has 0 aliphatic carbocycles. The topological polar surface area (TPSA) is 86.8 Å². The lowest BCUT2D eigenvalue weighted by Gasteiger charge is -2.35. The van der Waals surface area contributed by atoms with E-state index in [9.17, 15) is 18.0 Å². The Morgan fingerprint density at radius 2 is 1.40 bits per heavy atom. The minimum absolute atomic E-state index is 0.0159. The second kappa shape index (κ2) is 14.5. The van der Waals surface area contributed by atoms with Gasteiger partial charge in [-0.05, 0) is 69.2 Å². The van der Waals surface area contributed by atoms with Gasteiger partial charge in [0.15, 0.2) is 0 Å². The molecule has 0 saturated carbocycles. The molecule has 0 aliphatic rings. The molecule has 45 heavy (non-hydrogen) atoms. The van der Waals surface area contributed by atoms with E-state index < -0.39 is 34.1 Å². The van der Waals surface area contributed by atoms with Crippen LogP contribution in [0.1, 0.15) is 37.5 Å². The van der Waals surface area contributed by atoms with Gasteiger partial charge in [0.2, 0.25) is 11.8 Å². The van der Waals surface area contributed by atoms with Crippen LogP contribution >= 0.6 is 23.2 Å². The van der Waals surface area contributed by atoms with Crippen LogP contribution in [0.4, 0.5) is 5.69 Å². The maximum Gasteiger partial charge on any atom is 0.264 e. The highest BCUT2D eigenvalue weighted by Crippen LogP contribution is 2.33. The number of nitrogens with zero attached hydrogens (tertiary/aromatic N) is 2. The van der Waals surface area contributed by atoms with Gasteiger partial charge in [0.25, 0.3) is 10.0 Å². The third kappa shape index (κ3) is 9.10. The Bertz CT molecular complexity index is 1730. The largest absolute Gasteiger partial charge is 0.350 e. The zero-order valence-electron chi connectivity index (χ0n) is 25.7. The summed E-state index contributed by atoms with van der Waals surface area (Å²) in [5.74, 6) is -0.945. The Labute approximate surface area is 275 Å². The molecule has 0 radical (unpaired) electrons. The van der Waals surface area contributed by atoms with Crippen LogP contribution in [0.15, 0.2) is 108 Å². The maximum absolute atomic E-state index is 14.5. The molecule has 10 heteroatoms. The fourth-order valence-electron chi connectivity index (χ4n) is 4.81. The molecule has 1 atom stereocenters. The van der Waals surface area contributed by atoms with E-state index in [0.29, 0.717) is 0 Å². The lowest BCUT2D eigenvalue weighted by atomic mass is 10.0. The van der Waals surface area contributed by atoms with Crippen LogP contribution in [0.25, 0.3) is 0 Å². The van der Waals surface area contributed by atoms with Gasteiger partial charge in [0, 0.05) is 23.5 Å². The quantitative estimate of drug-likeness (QED) is 0.186. The van der Waals surface area contributed by atoms with E-state index >= 15 is 0 Å². The number of hydrogen-bond donors (Lipinski definition) is 1. The molecule has 2 amide bonds. The van der Waals surface area contributed by atoms with Crippen molar-refractivity contribution < 1.29 is 18.0 Å². The first kappa shape index (κ1) is 34.0. The molecule has 4 rings (SSSR count). The fraction of sp³-hybridized carbons (Fsp3) is 0.257. The van der Waals surface area contributed by atoms with Crippen molar-refractivity contribution in [2.75, 3.05) is 10.8 Å². The smallest absolute Gasteiger partial charge is 0.264 e. The number of carbonyl (C=O) groups is 2. The van der Waals surface area contributed by atoms with Crippen LogP contribution in [0.5, 0.6) is 0 Å². The number of halogens is 2. The van der Waals surface area contributed by atoms with Crippen molar-refractivity contribution in [2.45, 2.75) is 57.1 Å². The summed E-state index contributed by atoms with van der Waals surface area (Å²) in [6, 6.07) is 28.5. The van der Waals surface area contributed by atoms with Gasteiger partial charge in [-0.2, -0.15) is 0 Å². The molecule has 7 nitrogen and oxygen atoms in total. The number of carbonyl (C=O) groups excluding carboxylic acids is 2. The predicted molar refractivity (Wildman–Crippen MR) is 181 cm³/mol. The third-order valence-corrected chi connectivity index (χ3v) is 9.36. The van der Waals surface area contributed by atoms with Crippen LogP contribution in [0, 0.1) is 6.92 Å². The third-order valence-electron chi connectivity index (χ3n) is 7.03. The standard InChI is InChI=1S/C35H37Cl2N3O4S/c1-25-15-18-29(19-16-25)45(43,44)40(31-22-28(36)17-20-30(31)37)24-33(41)39(23-27-13-9-6-10-14-27)32(34(42)38-35(2,3)4)21-26-11-7-5-8-12-26/h5-20,22,32H,21,23-24H2,1-4H3,(H,38,42). The van der Waals surface area contributed by atoms with E-state index in [1.54, 1.807) is 18.2 Å². The van der Waals surface area contributed by atoms with Gasteiger partial charge in [-0.3, -0.25) is 13.9 Å². The number of rotatable bonds is 11. The molecule has 4 aromatic carbocycles. The minimum Gasteiger partial charge on any atom is -0.350 e. The second-order valence-corrected chi connectivity index (χ2v) is 14.6. The molecular weight excluding hydrogens is 629 g/mol. The monoisotopic (exact) mass is 665 g/mol. The van der Waals surface area contributed by atoms with E-state index in [4.69, 9.17) is 23.2 Å². The summed E-state index contributed by atoms with van der Waals surface area (Å²) in [5.41, 5.74) is 1.97. The molecule has 0 aliphatic heterocycles. The average molecular weight is 667 g/mol. The number of hydrogen-bond acceptors (Lipinski definition) is 4. The lowest BCUT2D eigenvalue weighted by Crippen LogP contribution is -2.56. The summed E-state index contributed by atoms with van der Waals surface area (Å²) in [6.45, 7) is 6.89. The highest BCUT2D eigenvalue weighted by atomic mass is 35.5. The van der Waals surface area contributed by atoms with Crippen molar-refractivity contribution in [3.8, 4) is 0 Å². The van der Waals surface area contributed by atoms with Crippen LogP contribution < -0.4 is 9.62 Å². The van der Waals surface area contributed by atoms with E-state index in [0.717, 1.165) is 21.0 Å². The van der Waals surface area contributed by atoms with Crippen molar-refractivity contribution >= 4 is 50.7 Å². The number of amides is 2. The Kier molecular flexibility index (Phi) is 11.0. The second-order valence-electron chi connectivity index (χ2n) is 11.9. The molecule has 0 bridgehead atoms. The summed E-state index contributed by atoms with van der Waals surface area (Å²) in [7, 11) is -4.30. The fourth-order valence-corrected chi connectivity index (χ4v) is 6.68. The molecule has 0 heterocycles. The predicted octanol–water partition coefficient (Wildman–Crippen LogP) is 7.05. The number of anilines is 1. The van der Waals surface area contributed by atoms with Crippen molar-refractivity contribution in [3.05, 3.63) is 130 Å². The molecular formula is C35H37Cl2N3O4S. The molecule has 1 N–H and O–H groups in total. The lowest BCUT2D eigenvalue weighted by molar-refractivity contribution is -0.140. The first-order valence-corrected chi connectivity index (χ1v) is 16.7. The summed E-state index contributed by atoms with van der Waals surface area (Å²) in [5, 5.41) is 3.37. The average Bonchev–Trinajstić information content (AvgIpc) is 2.99. The van der Waals surface area contributed by atoms with Gasteiger partial charge >= 0.3 is 0 Å². The van der Waals surface area contributed by atoms with Gasteiger partial charge in [0.05, 0.1) is 15.6 Å². The first-order chi connectivity index (χ1) is 21.2. The van der Waals surface area contributed by atoms with Crippen molar-refractivity contribution in [2.24, 2.45) is 0 Å². The molecule has 0 saturated heterocycles. The van der Waals surface area contributed by atoms with Crippen LogP contribution in [0.2, 0.25) is 10.0 Å². The van der Waals surface area contributed by atoms with Crippen molar-refractivity contribution in [3.63, 3.8) is 0 Å². The normalized spacial score (nSPS) is 12.3. The molecule has 0 fully saturated rings. The highest BCUT2D eigenvalue weighted by Gasteiger charge is 2.36. The summed E-state index contributed by atoms with van der Waals surface area (Å²) >= 11 is 12.8. The molecule has 0 aromatic heterocycles. The Balaban J connectivity index is 1.83. The number of nitrogens with one attached hydrogen (secondary N) is 1. The summed E-state index contributed by atoms with van der Waals surface area (Å²) in [4.78, 5) is 29.9. The molecule has 4 aromatic rings. The summed E-state index contributed by atoms with van der Waals surface area (Å²) in [6.07, 6.45) is 0.212. The van der Waals surface area contributed by atoms with Gasteiger partial charge in [-0.15, -0.1) is 0 Å². The number of sulfonamides is 1. The van der Waals surface area contributed by atoms with Gasteiger partial charge in [-0.25, -0.2) is 8.42 Å². The van der Waals surface area contributed by atoms with E-state index in [2.05, 4.69) is 5.32 Å². The van der Waals surface area contributed by atoms with E-state index in [1.165, 1.54) is 29.2 Å². The van der Waals surface area contributed by atoms with E-state index in [-0.39, 0.29) is 39.5 Å². The first-order valence-electron chi connectivity index (χ1n) is 14.5. The number of aryl methyl sites for hydroxylation is 1. The Morgan fingerprint density at radius 3 is 1.98 bits per heavy atom. The summed E-state index contributed by atoms with van der Waals surface area (Å²) < 4.78 is 29.3. The Hall–Kier alpha value is -3.85. The molecule has 1 unspecified atom stereocenters. The Morgan fingerprint density at radius 1 is 0.822 bits per heavy atom. The molecule has 236 valence electrons. The van der Waals surface area contributed by atoms with Crippen LogP contribution in [-0.2, 0) is 32.6 Å². The number of benzene rings is 4. The maximum atomic E-state index is 14.5. The van der Waals surface area contributed by atoms with Crippen LogP contribution in [0.3, 0.4) is 0 Å². The zero-order valence-corrected chi connectivity index (χ0v) is 28.0. The zero-order chi connectivity index (χ0) is 32.8. The van der Waals surface area contributed by atoms with Crippen molar-refractivity contribution in [1.29, 1.82) is 0 Å². The van der Waals surface area contributed by atoms with Gasteiger partial charge in [-0.1, -0.05) is 102 Å². The van der Waals surface area contributed by atoms with Crippen molar-refractivity contribution in [1.82, 2.24) is 10.2 Å². The molecule has 0 spiro atoms. The highest BCUT2D eigenvalue weighted by molar-refractivity contribution is 7.92. The van der Waals surface area contributed by atoms with Crippen LogP contribution in [-0.4, -0.2) is 43.3 Å². The SMILES string of the molecule is Cc1ccc(S(=O)(=O)N(CC(=O)N(Cc2ccccc2)C(Cc2ccccc2)C(=O)NC(C)(C)C)c2cc(Cl)ccc2Cl)cc1. The van der Waals surface area contributed by atoms with Gasteiger partial charge in [0.1, 0.15) is 12.6 Å². The minimum atomic E-state index is -4.30. The van der Waals surface area contributed by atoms with E-state index in [1.807, 2.05) is 88.4 Å². The van der Waals surface area contributed by atoms with Gasteiger partial charge < -0.3 is 10.2 Å².